The fourth-order valence-electron chi connectivity index (χ4n) is 2.27. The highest BCUT2D eigenvalue weighted by molar-refractivity contribution is 7.92. The molecule has 0 spiro atoms. The average molecular weight is 320 g/mol. The van der Waals surface area contributed by atoms with E-state index in [1.54, 1.807) is 38.1 Å². The molecular formula is C15H16N2O4S. The molecule has 0 amide bonds. The first-order valence-electron chi connectivity index (χ1n) is 6.71. The van der Waals surface area contributed by atoms with Crippen LogP contribution in [0.4, 0.5) is 11.4 Å². The third kappa shape index (κ3) is 2.80. The molecule has 0 unspecified atom stereocenters. The minimum Gasteiger partial charge on any atom is -0.266 e. The van der Waals surface area contributed by atoms with Crippen LogP contribution in [0, 0.1) is 17.0 Å². The highest BCUT2D eigenvalue weighted by atomic mass is 32.2. The van der Waals surface area contributed by atoms with Crippen molar-refractivity contribution in [2.24, 2.45) is 0 Å². The van der Waals surface area contributed by atoms with Crippen LogP contribution in [0.2, 0.25) is 0 Å². The van der Waals surface area contributed by atoms with Crippen molar-refractivity contribution < 1.29 is 13.3 Å². The van der Waals surface area contributed by atoms with Crippen molar-refractivity contribution in [1.29, 1.82) is 0 Å². The molecule has 0 aromatic heterocycles. The molecule has 116 valence electrons. The second-order valence-corrected chi connectivity index (χ2v) is 6.52. The first-order chi connectivity index (χ1) is 10.4. The lowest BCUT2D eigenvalue weighted by atomic mass is 10.1. The minimum absolute atomic E-state index is 0.0980. The summed E-state index contributed by atoms with van der Waals surface area (Å²) in [5.74, 6) is 0. The average Bonchev–Trinajstić information content (AvgIpc) is 2.50. The van der Waals surface area contributed by atoms with E-state index < -0.39 is 14.9 Å². The van der Waals surface area contributed by atoms with E-state index in [-0.39, 0.29) is 17.1 Å². The second kappa shape index (κ2) is 6.15. The molecule has 0 saturated carbocycles. The van der Waals surface area contributed by atoms with Gasteiger partial charge in [-0.25, -0.2) is 8.42 Å². The van der Waals surface area contributed by atoms with Crippen molar-refractivity contribution in [2.75, 3.05) is 10.8 Å². The molecule has 2 aromatic carbocycles. The van der Waals surface area contributed by atoms with Gasteiger partial charge in [0.05, 0.1) is 21.1 Å². The van der Waals surface area contributed by atoms with Crippen LogP contribution in [0.15, 0.2) is 53.4 Å². The molecule has 0 atom stereocenters. The van der Waals surface area contributed by atoms with Gasteiger partial charge in [-0.3, -0.25) is 14.4 Å². The molecule has 0 radical (unpaired) electrons. The van der Waals surface area contributed by atoms with Crippen molar-refractivity contribution in [1.82, 2.24) is 0 Å². The Morgan fingerprint density at radius 3 is 2.27 bits per heavy atom. The minimum atomic E-state index is -3.76. The summed E-state index contributed by atoms with van der Waals surface area (Å²) in [7, 11) is -3.76. The maximum Gasteiger partial charge on any atom is 0.274 e. The van der Waals surface area contributed by atoms with Gasteiger partial charge in [-0.2, -0.15) is 0 Å². The first-order valence-corrected chi connectivity index (χ1v) is 8.15. The normalized spacial score (nSPS) is 11.2. The van der Waals surface area contributed by atoms with Crippen LogP contribution in [-0.4, -0.2) is 19.9 Å². The van der Waals surface area contributed by atoms with Crippen LogP contribution < -0.4 is 4.31 Å². The third-order valence-electron chi connectivity index (χ3n) is 3.36. The molecule has 0 aliphatic carbocycles. The molecule has 0 bridgehead atoms. The summed E-state index contributed by atoms with van der Waals surface area (Å²) in [5.41, 5.74) is 0.550. The third-order valence-corrected chi connectivity index (χ3v) is 5.26. The summed E-state index contributed by atoms with van der Waals surface area (Å²) >= 11 is 0. The number of sulfonamides is 1. The molecule has 7 heteroatoms. The van der Waals surface area contributed by atoms with E-state index >= 15 is 0 Å². The Balaban J connectivity index is 2.59. The highest BCUT2D eigenvalue weighted by Gasteiger charge is 2.26. The monoisotopic (exact) mass is 320 g/mol. The number of anilines is 1. The maximum atomic E-state index is 12.8. The lowest BCUT2D eigenvalue weighted by Gasteiger charge is -2.24. The standard InChI is InChI=1S/C15H16N2O4S/c1-3-16(22(20,21)13-8-5-4-6-9-13)14-10-7-11-15(12(14)2)17(18)19/h4-11H,3H2,1-2H3. The van der Waals surface area contributed by atoms with Gasteiger partial charge in [-0.05, 0) is 32.0 Å². The Kier molecular flexibility index (Phi) is 4.46. The van der Waals surface area contributed by atoms with Gasteiger partial charge in [0.15, 0.2) is 0 Å². The fraction of sp³-hybridized carbons (Fsp3) is 0.200. The van der Waals surface area contributed by atoms with E-state index in [1.807, 2.05) is 0 Å². The van der Waals surface area contributed by atoms with Crippen molar-refractivity contribution in [3.05, 3.63) is 64.2 Å². The molecule has 0 heterocycles. The van der Waals surface area contributed by atoms with E-state index in [2.05, 4.69) is 0 Å². The van der Waals surface area contributed by atoms with Gasteiger partial charge < -0.3 is 0 Å². The zero-order chi connectivity index (χ0) is 16.3. The first kappa shape index (κ1) is 16.0. The summed E-state index contributed by atoms with van der Waals surface area (Å²) in [6.45, 7) is 3.43. The van der Waals surface area contributed by atoms with Crippen molar-refractivity contribution in [3.63, 3.8) is 0 Å². The second-order valence-electron chi connectivity index (χ2n) is 4.66. The number of nitro groups is 1. The molecule has 0 aliphatic rings. The van der Waals surface area contributed by atoms with E-state index in [0.717, 1.165) is 0 Å². The molecule has 2 rings (SSSR count). The van der Waals surface area contributed by atoms with Crippen molar-refractivity contribution in [2.45, 2.75) is 18.7 Å². The Morgan fingerprint density at radius 1 is 1.09 bits per heavy atom. The Morgan fingerprint density at radius 2 is 1.73 bits per heavy atom. The number of hydrogen-bond acceptors (Lipinski definition) is 4. The van der Waals surface area contributed by atoms with Crippen molar-refractivity contribution in [3.8, 4) is 0 Å². The molecule has 0 saturated heterocycles. The highest BCUT2D eigenvalue weighted by Crippen LogP contribution is 2.31. The molecule has 22 heavy (non-hydrogen) atoms. The zero-order valence-electron chi connectivity index (χ0n) is 12.3. The van der Waals surface area contributed by atoms with E-state index in [1.165, 1.54) is 28.6 Å². The lowest BCUT2D eigenvalue weighted by Crippen LogP contribution is -2.31. The number of benzene rings is 2. The molecule has 6 nitrogen and oxygen atoms in total. The van der Waals surface area contributed by atoms with E-state index in [0.29, 0.717) is 11.3 Å². The summed E-state index contributed by atoms with van der Waals surface area (Å²) in [5, 5.41) is 11.0. The van der Waals surface area contributed by atoms with Gasteiger partial charge in [0.2, 0.25) is 0 Å². The van der Waals surface area contributed by atoms with Crippen LogP contribution in [0.25, 0.3) is 0 Å². The van der Waals surface area contributed by atoms with Crippen LogP contribution in [0.1, 0.15) is 12.5 Å². The molecule has 2 aromatic rings. The predicted molar refractivity (Wildman–Crippen MR) is 84.5 cm³/mol. The summed E-state index contributed by atoms with van der Waals surface area (Å²) in [6.07, 6.45) is 0. The van der Waals surface area contributed by atoms with E-state index in [4.69, 9.17) is 0 Å². The molecule has 0 N–H and O–H groups in total. The molecule has 0 fully saturated rings. The van der Waals surface area contributed by atoms with Gasteiger partial charge >= 0.3 is 0 Å². The van der Waals surface area contributed by atoms with Crippen molar-refractivity contribution >= 4 is 21.4 Å². The Bertz CT molecular complexity index is 788. The Hall–Kier alpha value is -2.41. The number of nitro benzene ring substituents is 1. The van der Waals surface area contributed by atoms with Gasteiger partial charge in [-0.1, -0.05) is 24.3 Å². The number of nitrogens with zero attached hydrogens (tertiary/aromatic N) is 2. The quantitative estimate of drug-likeness (QED) is 0.626. The smallest absolute Gasteiger partial charge is 0.266 e. The number of rotatable bonds is 5. The van der Waals surface area contributed by atoms with Crippen LogP contribution in [0.3, 0.4) is 0 Å². The summed E-state index contributed by atoms with van der Waals surface area (Å²) in [6, 6.07) is 12.4. The number of hydrogen-bond donors (Lipinski definition) is 0. The largest absolute Gasteiger partial charge is 0.274 e. The molecular weight excluding hydrogens is 304 g/mol. The van der Waals surface area contributed by atoms with Gasteiger partial charge in [0.1, 0.15) is 0 Å². The van der Waals surface area contributed by atoms with Gasteiger partial charge in [0.25, 0.3) is 15.7 Å². The summed E-state index contributed by atoms with van der Waals surface area (Å²) in [4.78, 5) is 10.7. The van der Waals surface area contributed by atoms with Gasteiger partial charge in [-0.15, -0.1) is 0 Å². The van der Waals surface area contributed by atoms with Crippen LogP contribution in [0.5, 0.6) is 0 Å². The zero-order valence-corrected chi connectivity index (χ0v) is 13.1. The summed E-state index contributed by atoms with van der Waals surface area (Å²) < 4.78 is 26.7. The van der Waals surface area contributed by atoms with Crippen LogP contribution >= 0.6 is 0 Å². The molecule has 0 aliphatic heterocycles. The lowest BCUT2D eigenvalue weighted by molar-refractivity contribution is -0.385. The topological polar surface area (TPSA) is 80.5 Å². The SMILES string of the molecule is CCN(c1cccc([N+](=O)[O-])c1C)S(=O)(=O)c1ccccc1. The van der Waals surface area contributed by atoms with E-state index in [9.17, 15) is 18.5 Å². The maximum absolute atomic E-state index is 12.8. The van der Waals surface area contributed by atoms with Crippen LogP contribution in [-0.2, 0) is 10.0 Å². The fourth-order valence-corrected chi connectivity index (χ4v) is 3.82. The predicted octanol–water partition coefficient (Wildman–Crippen LogP) is 3.12. The van der Waals surface area contributed by atoms with Gasteiger partial charge in [0, 0.05) is 12.6 Å². The Labute approximate surface area is 129 Å².